The Hall–Kier alpha value is -3.37. The lowest BCUT2D eigenvalue weighted by atomic mass is 10.1. The predicted octanol–water partition coefficient (Wildman–Crippen LogP) is 5.70. The molecule has 32 heavy (non-hydrogen) atoms. The van der Waals surface area contributed by atoms with Gasteiger partial charge in [0.2, 0.25) is 0 Å². The van der Waals surface area contributed by atoms with E-state index in [0.717, 1.165) is 4.68 Å². The molecular weight excluding hydrogens is 475 g/mol. The molecule has 12 heteroatoms. The molecule has 0 unspecified atom stereocenters. The Morgan fingerprint density at radius 1 is 1.03 bits per heavy atom. The van der Waals surface area contributed by atoms with Crippen molar-refractivity contribution >= 4 is 34.9 Å². The minimum Gasteiger partial charge on any atom is -0.355 e. The fraction of sp³-hybridized carbons (Fsp3) is 0.0500. The molecule has 2 aromatic heterocycles. The molecule has 0 aliphatic carbocycles. The average Bonchev–Trinajstić information content (AvgIpc) is 3.39. The Balaban J connectivity index is 1.49. The smallest absolute Gasteiger partial charge is 0.279 e. The Kier molecular flexibility index (Phi) is 5.90. The van der Waals surface area contributed by atoms with E-state index in [9.17, 15) is 22.4 Å². The van der Waals surface area contributed by atoms with Crippen LogP contribution in [-0.2, 0) is 6.54 Å². The van der Waals surface area contributed by atoms with E-state index in [2.05, 4.69) is 15.6 Å². The molecule has 0 spiro atoms. The van der Waals surface area contributed by atoms with Crippen molar-refractivity contribution in [2.75, 3.05) is 5.32 Å². The average molecular weight is 485 g/mol. The van der Waals surface area contributed by atoms with Crippen molar-refractivity contribution < 1.29 is 26.9 Å². The topological polar surface area (TPSA) is 73.0 Å². The van der Waals surface area contributed by atoms with Gasteiger partial charge in [-0.1, -0.05) is 28.4 Å². The Bertz CT molecular complexity index is 1310. The van der Waals surface area contributed by atoms with Gasteiger partial charge in [0.25, 0.3) is 5.91 Å². The van der Waals surface area contributed by atoms with E-state index in [1.54, 1.807) is 12.1 Å². The number of carbonyl (C=O) groups excluding carboxylic acids is 1. The van der Waals surface area contributed by atoms with Crippen LogP contribution in [0.4, 0.5) is 23.4 Å². The van der Waals surface area contributed by atoms with Gasteiger partial charge in [0.15, 0.2) is 40.5 Å². The molecule has 0 radical (unpaired) electrons. The first kappa shape index (κ1) is 21.8. The van der Waals surface area contributed by atoms with Gasteiger partial charge in [-0.2, -0.15) is 5.10 Å². The maximum Gasteiger partial charge on any atom is 0.279 e. The molecule has 0 bridgehead atoms. The summed E-state index contributed by atoms with van der Waals surface area (Å²) in [4.78, 5) is 12.4. The quantitative estimate of drug-likeness (QED) is 0.291. The Morgan fingerprint density at radius 2 is 1.75 bits per heavy atom. The summed E-state index contributed by atoms with van der Waals surface area (Å²) in [5, 5.41) is 10.7. The number of amides is 1. The van der Waals surface area contributed by atoms with Crippen molar-refractivity contribution in [1.82, 2.24) is 14.9 Å². The van der Waals surface area contributed by atoms with Crippen LogP contribution in [0.2, 0.25) is 10.0 Å². The van der Waals surface area contributed by atoms with Crippen molar-refractivity contribution in [2.24, 2.45) is 0 Å². The number of hydrogen-bond acceptors (Lipinski definition) is 4. The molecule has 164 valence electrons. The first-order valence-electron chi connectivity index (χ1n) is 8.81. The van der Waals surface area contributed by atoms with Crippen molar-refractivity contribution in [1.29, 1.82) is 0 Å². The fourth-order valence-electron chi connectivity index (χ4n) is 2.82. The van der Waals surface area contributed by atoms with Gasteiger partial charge in [-0.3, -0.25) is 9.48 Å². The number of halogens is 6. The summed E-state index contributed by atoms with van der Waals surface area (Å²) < 4.78 is 60.5. The van der Waals surface area contributed by atoms with E-state index < -0.39 is 41.3 Å². The molecule has 0 atom stereocenters. The van der Waals surface area contributed by atoms with Gasteiger partial charge >= 0.3 is 0 Å². The van der Waals surface area contributed by atoms with E-state index in [1.165, 1.54) is 24.4 Å². The zero-order valence-corrected chi connectivity index (χ0v) is 17.2. The molecule has 1 amide bonds. The second-order valence-corrected chi connectivity index (χ2v) is 7.34. The van der Waals surface area contributed by atoms with Crippen LogP contribution >= 0.6 is 23.2 Å². The van der Waals surface area contributed by atoms with Crippen molar-refractivity contribution in [2.45, 2.75) is 6.54 Å². The largest absolute Gasteiger partial charge is 0.355 e. The van der Waals surface area contributed by atoms with Gasteiger partial charge < -0.3 is 9.84 Å². The lowest BCUT2D eigenvalue weighted by molar-refractivity contribution is 0.101. The third-order valence-corrected chi connectivity index (χ3v) is 4.89. The highest BCUT2D eigenvalue weighted by atomic mass is 35.5. The lowest BCUT2D eigenvalue weighted by Crippen LogP contribution is -2.13. The summed E-state index contributed by atoms with van der Waals surface area (Å²) >= 11 is 12.0. The predicted molar refractivity (Wildman–Crippen MR) is 108 cm³/mol. The molecule has 0 aliphatic heterocycles. The zero-order chi connectivity index (χ0) is 23.0. The monoisotopic (exact) mass is 484 g/mol. The molecule has 2 heterocycles. The van der Waals surface area contributed by atoms with Crippen LogP contribution in [0, 0.1) is 23.3 Å². The van der Waals surface area contributed by atoms with E-state index in [-0.39, 0.29) is 23.3 Å². The molecule has 1 N–H and O–H groups in total. The number of aromatic nitrogens is 3. The number of nitrogens with one attached hydrogen (secondary N) is 1. The van der Waals surface area contributed by atoms with Gasteiger partial charge in [-0.05, 0) is 18.2 Å². The number of benzene rings is 2. The van der Waals surface area contributed by atoms with Gasteiger partial charge in [0.1, 0.15) is 0 Å². The van der Waals surface area contributed by atoms with E-state index in [1.807, 2.05) is 0 Å². The summed E-state index contributed by atoms with van der Waals surface area (Å²) in [6.45, 7) is -0.606. The maximum atomic E-state index is 13.8. The summed E-state index contributed by atoms with van der Waals surface area (Å²) in [7, 11) is 0. The van der Waals surface area contributed by atoms with Crippen molar-refractivity contribution in [3.63, 3.8) is 0 Å². The van der Waals surface area contributed by atoms with Gasteiger partial charge in [0.05, 0.1) is 17.1 Å². The summed E-state index contributed by atoms with van der Waals surface area (Å²) in [5.41, 5.74) is -0.465. The number of anilines is 1. The lowest BCUT2D eigenvalue weighted by Gasteiger charge is -2.07. The molecular formula is C20H10Cl2F4N4O2. The highest BCUT2D eigenvalue weighted by molar-refractivity contribution is 6.36. The second-order valence-electron chi connectivity index (χ2n) is 6.50. The summed E-state index contributed by atoms with van der Waals surface area (Å²) in [6.07, 6.45) is 1.26. The van der Waals surface area contributed by atoms with Crippen LogP contribution in [0.3, 0.4) is 0 Å². The highest BCUT2D eigenvalue weighted by Crippen LogP contribution is 2.30. The van der Waals surface area contributed by atoms with Crippen LogP contribution < -0.4 is 5.32 Å². The van der Waals surface area contributed by atoms with E-state index in [4.69, 9.17) is 27.7 Å². The Labute approximate surface area is 187 Å². The van der Waals surface area contributed by atoms with Crippen molar-refractivity contribution in [3.8, 4) is 11.3 Å². The van der Waals surface area contributed by atoms with Crippen LogP contribution in [0.5, 0.6) is 0 Å². The van der Waals surface area contributed by atoms with Gasteiger partial charge in [-0.15, -0.1) is 0 Å². The standard InChI is InChI=1S/C20H10Cl2F4N4O2/c21-9-1-2-10(12(22)5-9)16-7-15(29-32-16)20(31)27-17-3-4-30(28-17)8-11-18(25)13(23)6-14(24)19(11)26/h1-7H,8H2,(H,27,28,31). The normalized spacial score (nSPS) is 11.1. The molecule has 0 saturated heterocycles. The van der Waals surface area contributed by atoms with Crippen molar-refractivity contribution in [3.05, 3.63) is 87.2 Å². The number of rotatable bonds is 5. The fourth-order valence-corrected chi connectivity index (χ4v) is 3.32. The summed E-state index contributed by atoms with van der Waals surface area (Å²) in [6, 6.07) is 7.48. The molecule has 0 saturated carbocycles. The molecule has 0 aliphatic rings. The van der Waals surface area contributed by atoms with Gasteiger partial charge in [-0.25, -0.2) is 17.6 Å². The van der Waals surface area contributed by atoms with Crippen LogP contribution in [0.1, 0.15) is 16.1 Å². The third kappa shape index (κ3) is 4.32. The zero-order valence-electron chi connectivity index (χ0n) is 15.7. The SMILES string of the molecule is O=C(Nc1ccn(Cc2c(F)c(F)cc(F)c2F)n1)c1cc(-c2ccc(Cl)cc2Cl)on1. The van der Waals surface area contributed by atoms with Crippen LogP contribution in [0.15, 0.2) is 47.1 Å². The first-order valence-corrected chi connectivity index (χ1v) is 9.57. The van der Waals surface area contributed by atoms with Crippen LogP contribution in [0.25, 0.3) is 11.3 Å². The minimum atomic E-state index is -1.53. The number of carbonyl (C=O) groups is 1. The molecule has 4 rings (SSSR count). The first-order chi connectivity index (χ1) is 15.2. The summed E-state index contributed by atoms with van der Waals surface area (Å²) in [5.74, 6) is -6.57. The Morgan fingerprint density at radius 3 is 2.44 bits per heavy atom. The van der Waals surface area contributed by atoms with Crippen LogP contribution in [-0.4, -0.2) is 20.8 Å². The molecule has 2 aromatic carbocycles. The molecule has 4 aromatic rings. The number of hydrogen-bond donors (Lipinski definition) is 1. The number of nitrogens with zero attached hydrogens (tertiary/aromatic N) is 3. The van der Waals surface area contributed by atoms with E-state index in [0.29, 0.717) is 15.6 Å². The van der Waals surface area contributed by atoms with E-state index >= 15 is 0 Å². The third-order valence-electron chi connectivity index (χ3n) is 4.34. The second kappa shape index (κ2) is 8.64. The molecule has 0 fully saturated rings. The minimum absolute atomic E-state index is 0.00164. The molecule has 6 nitrogen and oxygen atoms in total. The van der Waals surface area contributed by atoms with Gasteiger partial charge in [0, 0.05) is 35.0 Å². The maximum absolute atomic E-state index is 13.8. The highest BCUT2D eigenvalue weighted by Gasteiger charge is 2.20.